The molecule has 1 radical (unpaired) electrons. The van der Waals surface area contributed by atoms with Crippen molar-refractivity contribution in [3.63, 3.8) is 0 Å². The fourth-order valence-corrected chi connectivity index (χ4v) is 1.57. The molecular formula is C11H21N2O2. The number of hydrogen-bond donors (Lipinski definition) is 0. The average Bonchev–Trinajstić information content (AvgIpc) is 2.30. The predicted octanol–water partition coefficient (Wildman–Crippen LogP) is 1.62. The molecule has 0 aromatic rings. The lowest BCUT2D eigenvalue weighted by Gasteiger charge is -2.25. The molecule has 0 N–H and O–H groups in total. The Kier molecular flexibility index (Phi) is 6.16. The molecule has 0 spiro atoms. The van der Waals surface area contributed by atoms with Gasteiger partial charge in [-0.15, -0.1) is 0 Å². The fourth-order valence-electron chi connectivity index (χ4n) is 1.57. The van der Waals surface area contributed by atoms with E-state index in [2.05, 4.69) is 12.2 Å². The van der Waals surface area contributed by atoms with Crippen LogP contribution in [0.25, 0.3) is 0 Å². The number of nitrogens with zero attached hydrogens (tertiary/aromatic N) is 2. The van der Waals surface area contributed by atoms with Crippen LogP contribution in [-0.4, -0.2) is 43.8 Å². The number of ether oxygens (including phenoxy) is 1. The first-order valence-electron chi connectivity index (χ1n) is 5.89. The zero-order chi connectivity index (χ0) is 10.9. The largest absolute Gasteiger partial charge is 0.449 e. The summed E-state index contributed by atoms with van der Waals surface area (Å²) in [5, 5.41) is 4.18. The highest BCUT2D eigenvalue weighted by molar-refractivity contribution is 5.67. The van der Waals surface area contributed by atoms with Gasteiger partial charge in [-0.3, -0.25) is 0 Å². The van der Waals surface area contributed by atoms with E-state index in [9.17, 15) is 4.79 Å². The topological polar surface area (TPSA) is 43.6 Å². The normalized spacial score (nSPS) is 16.5. The van der Waals surface area contributed by atoms with Gasteiger partial charge in [0.15, 0.2) is 0 Å². The van der Waals surface area contributed by atoms with Crippen molar-refractivity contribution in [2.75, 3.05) is 32.8 Å². The first-order valence-corrected chi connectivity index (χ1v) is 5.89. The first-order chi connectivity index (χ1) is 7.34. The van der Waals surface area contributed by atoms with Gasteiger partial charge in [-0.05, 0) is 6.42 Å². The highest BCUT2D eigenvalue weighted by Gasteiger charge is 2.17. The Labute approximate surface area is 92.0 Å². The monoisotopic (exact) mass is 213 g/mol. The summed E-state index contributed by atoms with van der Waals surface area (Å²) in [6.45, 7) is 5.67. The van der Waals surface area contributed by atoms with Gasteiger partial charge in [0, 0.05) is 26.2 Å². The Morgan fingerprint density at radius 3 is 2.67 bits per heavy atom. The van der Waals surface area contributed by atoms with Crippen LogP contribution < -0.4 is 5.32 Å². The van der Waals surface area contributed by atoms with Crippen LogP contribution in [0.15, 0.2) is 0 Å². The van der Waals surface area contributed by atoms with E-state index in [4.69, 9.17) is 4.74 Å². The van der Waals surface area contributed by atoms with Gasteiger partial charge in [0.2, 0.25) is 0 Å². The van der Waals surface area contributed by atoms with Crippen molar-refractivity contribution in [2.24, 2.45) is 0 Å². The molecule has 0 unspecified atom stereocenters. The summed E-state index contributed by atoms with van der Waals surface area (Å²) in [7, 11) is 0. The molecule has 0 bridgehead atoms. The van der Waals surface area contributed by atoms with E-state index in [1.54, 1.807) is 4.90 Å². The van der Waals surface area contributed by atoms with Crippen LogP contribution in [0.3, 0.4) is 0 Å². The van der Waals surface area contributed by atoms with E-state index in [0.717, 1.165) is 25.9 Å². The molecule has 15 heavy (non-hydrogen) atoms. The van der Waals surface area contributed by atoms with Crippen LogP contribution in [0.2, 0.25) is 0 Å². The van der Waals surface area contributed by atoms with Gasteiger partial charge in [0.05, 0.1) is 6.61 Å². The zero-order valence-electron chi connectivity index (χ0n) is 9.57. The first kappa shape index (κ1) is 12.3. The van der Waals surface area contributed by atoms with Crippen molar-refractivity contribution >= 4 is 6.09 Å². The number of carbonyl (C=O) groups excluding carboxylic acids is 1. The molecule has 0 aliphatic carbocycles. The van der Waals surface area contributed by atoms with Crippen LogP contribution in [0.1, 0.15) is 32.6 Å². The molecule has 1 amide bonds. The number of amides is 1. The summed E-state index contributed by atoms with van der Waals surface area (Å²) in [6.07, 6.45) is 4.40. The van der Waals surface area contributed by atoms with Gasteiger partial charge in [0.25, 0.3) is 0 Å². The van der Waals surface area contributed by atoms with Crippen molar-refractivity contribution in [2.45, 2.75) is 32.6 Å². The van der Waals surface area contributed by atoms with Crippen molar-refractivity contribution in [3.8, 4) is 0 Å². The van der Waals surface area contributed by atoms with Crippen molar-refractivity contribution in [1.82, 2.24) is 10.2 Å². The van der Waals surface area contributed by atoms with E-state index in [0.29, 0.717) is 19.7 Å². The summed E-state index contributed by atoms with van der Waals surface area (Å²) in [6, 6.07) is 0. The van der Waals surface area contributed by atoms with Gasteiger partial charge in [-0.25, -0.2) is 10.1 Å². The lowest BCUT2D eigenvalue weighted by atomic mass is 10.2. The quantitative estimate of drug-likeness (QED) is 0.651. The summed E-state index contributed by atoms with van der Waals surface area (Å²) in [4.78, 5) is 13.2. The van der Waals surface area contributed by atoms with Crippen molar-refractivity contribution < 1.29 is 9.53 Å². The van der Waals surface area contributed by atoms with Crippen LogP contribution in [0, 0.1) is 0 Å². The molecule has 0 saturated carbocycles. The maximum Gasteiger partial charge on any atom is 0.409 e. The molecule has 87 valence electrons. The molecule has 4 heteroatoms. The molecule has 4 nitrogen and oxygen atoms in total. The van der Waals surface area contributed by atoms with E-state index in [1.165, 1.54) is 12.8 Å². The highest BCUT2D eigenvalue weighted by atomic mass is 16.6. The van der Waals surface area contributed by atoms with Crippen LogP contribution in [-0.2, 0) is 4.74 Å². The minimum Gasteiger partial charge on any atom is -0.449 e. The number of piperazine rings is 1. The molecule has 0 aromatic heterocycles. The molecule has 1 fully saturated rings. The van der Waals surface area contributed by atoms with Gasteiger partial charge in [0.1, 0.15) is 0 Å². The third kappa shape index (κ3) is 5.02. The minimum atomic E-state index is -0.165. The Balaban J connectivity index is 2.02. The van der Waals surface area contributed by atoms with E-state index in [1.807, 2.05) is 0 Å². The third-order valence-corrected chi connectivity index (χ3v) is 2.54. The van der Waals surface area contributed by atoms with Gasteiger partial charge in [-0.2, -0.15) is 0 Å². The average molecular weight is 213 g/mol. The molecule has 1 rings (SSSR count). The molecule has 1 heterocycles. The Bertz CT molecular complexity index is 179. The minimum absolute atomic E-state index is 0.165. The molecular weight excluding hydrogens is 192 g/mol. The highest BCUT2D eigenvalue weighted by Crippen LogP contribution is 2.02. The fraction of sp³-hybridized carbons (Fsp3) is 0.909. The zero-order valence-corrected chi connectivity index (χ0v) is 9.57. The SMILES string of the molecule is CCCCCCOC(=O)N1CC[N]CC1. The van der Waals surface area contributed by atoms with Crippen LogP contribution in [0.5, 0.6) is 0 Å². The summed E-state index contributed by atoms with van der Waals surface area (Å²) < 4.78 is 5.17. The van der Waals surface area contributed by atoms with Crippen LogP contribution >= 0.6 is 0 Å². The lowest BCUT2D eigenvalue weighted by Crippen LogP contribution is -2.44. The maximum absolute atomic E-state index is 11.5. The predicted molar refractivity (Wildman–Crippen MR) is 58.9 cm³/mol. The van der Waals surface area contributed by atoms with Crippen LogP contribution in [0.4, 0.5) is 4.79 Å². The maximum atomic E-state index is 11.5. The number of unbranched alkanes of at least 4 members (excludes halogenated alkanes) is 3. The van der Waals surface area contributed by atoms with Gasteiger partial charge < -0.3 is 9.64 Å². The van der Waals surface area contributed by atoms with E-state index >= 15 is 0 Å². The Morgan fingerprint density at radius 1 is 1.27 bits per heavy atom. The second-order valence-corrected chi connectivity index (χ2v) is 3.83. The molecule has 1 aliphatic rings. The number of rotatable bonds is 5. The van der Waals surface area contributed by atoms with Crippen molar-refractivity contribution in [1.29, 1.82) is 0 Å². The van der Waals surface area contributed by atoms with E-state index in [-0.39, 0.29) is 6.09 Å². The second kappa shape index (κ2) is 7.51. The second-order valence-electron chi connectivity index (χ2n) is 3.83. The molecule has 0 atom stereocenters. The third-order valence-electron chi connectivity index (χ3n) is 2.54. The van der Waals surface area contributed by atoms with Gasteiger partial charge >= 0.3 is 6.09 Å². The summed E-state index contributed by atoms with van der Waals surface area (Å²) in [5.41, 5.74) is 0. The van der Waals surface area contributed by atoms with Crippen molar-refractivity contribution in [3.05, 3.63) is 0 Å². The molecule has 1 saturated heterocycles. The Hall–Kier alpha value is -0.770. The van der Waals surface area contributed by atoms with E-state index < -0.39 is 0 Å². The number of carbonyl (C=O) groups is 1. The standard InChI is InChI=1S/C11H21N2O2/c1-2-3-4-5-10-15-11(14)13-8-6-12-7-9-13/h2-10H2,1H3. The summed E-state index contributed by atoms with van der Waals surface area (Å²) in [5.74, 6) is 0. The molecule has 0 aromatic carbocycles. The summed E-state index contributed by atoms with van der Waals surface area (Å²) >= 11 is 0. The number of hydrogen-bond acceptors (Lipinski definition) is 2. The smallest absolute Gasteiger partial charge is 0.409 e. The molecule has 1 aliphatic heterocycles. The lowest BCUT2D eigenvalue weighted by molar-refractivity contribution is 0.0957. The van der Waals surface area contributed by atoms with Gasteiger partial charge in [-0.1, -0.05) is 26.2 Å². The Morgan fingerprint density at radius 2 is 2.00 bits per heavy atom.